The third-order valence-electron chi connectivity index (χ3n) is 3.59. The highest BCUT2D eigenvalue weighted by atomic mass is 16.3. The van der Waals surface area contributed by atoms with Gasteiger partial charge in [-0.25, -0.2) is 0 Å². The average Bonchev–Trinajstić information content (AvgIpc) is 2.17. The minimum Gasteiger partial charge on any atom is -0.396 e. The zero-order chi connectivity index (χ0) is 10.8. The van der Waals surface area contributed by atoms with Gasteiger partial charge in [-0.15, -0.1) is 0 Å². The second-order valence-electron chi connectivity index (χ2n) is 4.50. The van der Waals surface area contributed by atoms with Gasteiger partial charge in [0, 0.05) is 31.7 Å². The zero-order valence-electron chi connectivity index (χ0n) is 8.56. The van der Waals surface area contributed by atoms with E-state index >= 15 is 0 Å². The van der Waals surface area contributed by atoms with Crippen molar-refractivity contribution in [1.29, 1.82) is 0 Å². The van der Waals surface area contributed by atoms with Crippen LogP contribution in [-0.2, 0) is 0 Å². The molecule has 0 amide bonds. The lowest BCUT2D eigenvalue weighted by Gasteiger charge is -2.45. The molecule has 0 aromatic rings. The summed E-state index contributed by atoms with van der Waals surface area (Å²) in [5.41, 5.74) is -1.02. The molecule has 1 aliphatic carbocycles. The summed E-state index contributed by atoms with van der Waals surface area (Å²) < 4.78 is 0. The third kappa shape index (κ3) is 2.08. The molecule has 14 heavy (non-hydrogen) atoms. The first kappa shape index (κ1) is 11.9. The number of hydrogen-bond donors (Lipinski definition) is 4. The first-order valence-electron chi connectivity index (χ1n) is 5.11. The van der Waals surface area contributed by atoms with Gasteiger partial charge in [-0.1, -0.05) is 0 Å². The van der Waals surface area contributed by atoms with Gasteiger partial charge in [0.1, 0.15) is 0 Å². The Kier molecular flexibility index (Phi) is 3.89. The lowest BCUT2D eigenvalue weighted by Crippen LogP contribution is -2.51. The SMILES string of the molecule is CC1(O)C(CO)CC(CO)CC1CO. The van der Waals surface area contributed by atoms with E-state index in [-0.39, 0.29) is 37.6 Å². The first-order chi connectivity index (χ1) is 6.56. The molecule has 1 aliphatic rings. The molecule has 0 aliphatic heterocycles. The standard InChI is InChI=1S/C10H20O4/c1-10(14)8(5-12)2-7(4-11)3-9(10)6-13/h7-9,11-14H,2-6H2,1H3. The summed E-state index contributed by atoms with van der Waals surface area (Å²) in [6, 6.07) is 0. The van der Waals surface area contributed by atoms with Gasteiger partial charge >= 0.3 is 0 Å². The smallest absolute Gasteiger partial charge is 0.0719 e. The Hall–Kier alpha value is -0.160. The fraction of sp³-hybridized carbons (Fsp3) is 1.00. The molecule has 1 rings (SSSR count). The second-order valence-corrected chi connectivity index (χ2v) is 4.50. The van der Waals surface area contributed by atoms with Gasteiger partial charge < -0.3 is 20.4 Å². The summed E-state index contributed by atoms with van der Waals surface area (Å²) in [7, 11) is 0. The molecule has 4 N–H and O–H groups in total. The maximum absolute atomic E-state index is 10.1. The molecule has 0 saturated heterocycles. The van der Waals surface area contributed by atoms with Crippen molar-refractivity contribution in [2.45, 2.75) is 25.4 Å². The second kappa shape index (κ2) is 4.57. The molecule has 84 valence electrons. The van der Waals surface area contributed by atoms with Gasteiger partial charge in [-0.05, 0) is 25.7 Å². The molecule has 1 saturated carbocycles. The highest BCUT2D eigenvalue weighted by Gasteiger charge is 2.44. The van der Waals surface area contributed by atoms with Crippen LogP contribution in [0.5, 0.6) is 0 Å². The zero-order valence-corrected chi connectivity index (χ0v) is 8.56. The van der Waals surface area contributed by atoms with E-state index in [4.69, 9.17) is 15.3 Å². The van der Waals surface area contributed by atoms with Crippen LogP contribution in [0.15, 0.2) is 0 Å². The molecule has 0 spiro atoms. The van der Waals surface area contributed by atoms with E-state index in [1.807, 2.05) is 0 Å². The van der Waals surface area contributed by atoms with Crippen LogP contribution in [0, 0.1) is 17.8 Å². The summed E-state index contributed by atoms with van der Waals surface area (Å²) in [6.45, 7) is 1.52. The lowest BCUT2D eigenvalue weighted by molar-refractivity contribution is -0.126. The molecule has 4 nitrogen and oxygen atoms in total. The Morgan fingerprint density at radius 3 is 1.71 bits per heavy atom. The molecule has 0 heterocycles. The van der Waals surface area contributed by atoms with Crippen molar-refractivity contribution in [3.63, 3.8) is 0 Å². The van der Waals surface area contributed by atoms with Crippen molar-refractivity contribution in [1.82, 2.24) is 0 Å². The summed E-state index contributed by atoms with van der Waals surface area (Å²) in [5.74, 6) is -0.402. The predicted octanol–water partition coefficient (Wildman–Crippen LogP) is -0.643. The number of aliphatic hydroxyl groups is 4. The lowest BCUT2D eigenvalue weighted by atomic mass is 9.66. The first-order valence-corrected chi connectivity index (χ1v) is 5.11. The maximum atomic E-state index is 10.1. The van der Waals surface area contributed by atoms with Gasteiger partial charge in [0.2, 0.25) is 0 Å². The van der Waals surface area contributed by atoms with Crippen LogP contribution < -0.4 is 0 Å². The molecular weight excluding hydrogens is 184 g/mol. The minimum atomic E-state index is -1.02. The molecule has 1 fully saturated rings. The number of hydrogen-bond acceptors (Lipinski definition) is 4. The van der Waals surface area contributed by atoms with Crippen LogP contribution >= 0.6 is 0 Å². The molecule has 2 unspecified atom stereocenters. The van der Waals surface area contributed by atoms with Gasteiger partial charge in [-0.3, -0.25) is 0 Å². The Labute approximate surface area is 84.2 Å². The largest absolute Gasteiger partial charge is 0.396 e. The van der Waals surface area contributed by atoms with Crippen LogP contribution in [-0.4, -0.2) is 45.8 Å². The van der Waals surface area contributed by atoms with Gasteiger partial charge in [0.05, 0.1) is 5.60 Å². The van der Waals surface area contributed by atoms with Crippen LogP contribution in [0.25, 0.3) is 0 Å². The number of rotatable bonds is 3. The predicted molar refractivity (Wildman–Crippen MR) is 51.6 cm³/mol. The summed E-state index contributed by atoms with van der Waals surface area (Å²) in [5, 5.41) is 37.4. The van der Waals surface area contributed by atoms with Crippen LogP contribution in [0.2, 0.25) is 0 Å². The quantitative estimate of drug-likeness (QED) is 0.493. The highest BCUT2D eigenvalue weighted by molar-refractivity contribution is 4.94. The van der Waals surface area contributed by atoms with Crippen molar-refractivity contribution >= 4 is 0 Å². The van der Waals surface area contributed by atoms with Crippen LogP contribution in [0.4, 0.5) is 0 Å². The topological polar surface area (TPSA) is 80.9 Å². The van der Waals surface area contributed by atoms with Crippen molar-refractivity contribution in [3.05, 3.63) is 0 Å². The van der Waals surface area contributed by atoms with Gasteiger partial charge in [-0.2, -0.15) is 0 Å². The Bertz CT molecular complexity index is 165. The normalized spacial score (nSPS) is 43.9. The molecule has 0 aromatic heterocycles. The van der Waals surface area contributed by atoms with Gasteiger partial charge in [0.25, 0.3) is 0 Å². The van der Waals surface area contributed by atoms with Crippen LogP contribution in [0.3, 0.4) is 0 Å². The van der Waals surface area contributed by atoms with Crippen molar-refractivity contribution in [3.8, 4) is 0 Å². The highest BCUT2D eigenvalue weighted by Crippen LogP contribution is 2.40. The van der Waals surface area contributed by atoms with E-state index in [9.17, 15) is 5.11 Å². The fourth-order valence-electron chi connectivity index (χ4n) is 2.38. The third-order valence-corrected chi connectivity index (χ3v) is 3.59. The van der Waals surface area contributed by atoms with E-state index in [0.29, 0.717) is 12.8 Å². The summed E-state index contributed by atoms with van der Waals surface area (Å²) >= 11 is 0. The molecule has 0 aromatic carbocycles. The fourth-order valence-corrected chi connectivity index (χ4v) is 2.38. The Balaban J connectivity index is 2.74. The Morgan fingerprint density at radius 1 is 1.00 bits per heavy atom. The van der Waals surface area contributed by atoms with E-state index in [2.05, 4.69) is 0 Å². The molecule has 0 radical (unpaired) electrons. The van der Waals surface area contributed by atoms with E-state index in [1.165, 1.54) is 0 Å². The monoisotopic (exact) mass is 204 g/mol. The van der Waals surface area contributed by atoms with E-state index in [0.717, 1.165) is 0 Å². The van der Waals surface area contributed by atoms with Crippen molar-refractivity contribution in [2.75, 3.05) is 19.8 Å². The van der Waals surface area contributed by atoms with Gasteiger partial charge in [0.15, 0.2) is 0 Å². The van der Waals surface area contributed by atoms with E-state index in [1.54, 1.807) is 6.92 Å². The molecular formula is C10H20O4. The van der Waals surface area contributed by atoms with Crippen molar-refractivity contribution < 1.29 is 20.4 Å². The number of aliphatic hydroxyl groups excluding tert-OH is 3. The Morgan fingerprint density at radius 2 is 1.43 bits per heavy atom. The molecule has 2 atom stereocenters. The maximum Gasteiger partial charge on any atom is 0.0719 e. The molecule has 4 heteroatoms. The summed E-state index contributed by atoms with van der Waals surface area (Å²) in [4.78, 5) is 0. The van der Waals surface area contributed by atoms with E-state index < -0.39 is 5.60 Å². The van der Waals surface area contributed by atoms with Crippen LogP contribution in [0.1, 0.15) is 19.8 Å². The molecule has 0 bridgehead atoms. The summed E-state index contributed by atoms with van der Waals surface area (Å²) in [6.07, 6.45) is 1.24. The average molecular weight is 204 g/mol. The van der Waals surface area contributed by atoms with Crippen molar-refractivity contribution in [2.24, 2.45) is 17.8 Å². The minimum absolute atomic E-state index is 0.0586.